The summed E-state index contributed by atoms with van der Waals surface area (Å²) in [6, 6.07) is 3.66. The van der Waals surface area contributed by atoms with Crippen LogP contribution in [0.5, 0.6) is 0 Å². The van der Waals surface area contributed by atoms with Gasteiger partial charge >= 0.3 is 6.09 Å². The quantitative estimate of drug-likeness (QED) is 0.846. The van der Waals surface area contributed by atoms with Crippen LogP contribution in [-0.2, 0) is 9.53 Å². The number of cyclic esters (lactones) is 1. The number of nitrogens with zero attached hydrogens (tertiary/aromatic N) is 1. The molecule has 2 amide bonds. The molecule has 0 spiro atoms. The van der Waals surface area contributed by atoms with Gasteiger partial charge in [0.15, 0.2) is 5.78 Å². The third-order valence-corrected chi connectivity index (χ3v) is 3.88. The van der Waals surface area contributed by atoms with Crippen molar-refractivity contribution in [3.8, 4) is 0 Å². The number of rotatable bonds is 5. The zero-order valence-corrected chi connectivity index (χ0v) is 13.9. The van der Waals surface area contributed by atoms with E-state index in [2.05, 4.69) is 5.32 Å². The molecule has 1 aromatic rings. The van der Waals surface area contributed by atoms with E-state index in [9.17, 15) is 14.4 Å². The predicted octanol–water partition coefficient (Wildman–Crippen LogP) is 2.36. The second-order valence-electron chi connectivity index (χ2n) is 5.78. The van der Waals surface area contributed by atoms with E-state index in [-0.39, 0.29) is 17.8 Å². The molecule has 1 N–H and O–H groups in total. The van der Waals surface area contributed by atoms with E-state index in [1.807, 2.05) is 32.9 Å². The summed E-state index contributed by atoms with van der Waals surface area (Å²) in [7, 11) is 0. The van der Waals surface area contributed by atoms with Gasteiger partial charge in [-0.1, -0.05) is 6.92 Å². The zero-order valence-electron chi connectivity index (χ0n) is 13.9. The van der Waals surface area contributed by atoms with E-state index < -0.39 is 6.09 Å². The van der Waals surface area contributed by atoms with Crippen molar-refractivity contribution in [2.75, 3.05) is 18.0 Å². The van der Waals surface area contributed by atoms with Crippen LogP contribution in [0.4, 0.5) is 10.5 Å². The van der Waals surface area contributed by atoms with E-state index in [1.54, 1.807) is 0 Å². The number of Topliss-reactive ketones (excluding diaryl/α,β-unsaturated/α-hetero) is 1. The molecule has 1 aliphatic heterocycles. The number of carbonyl (C=O) groups is 3. The Labute approximate surface area is 135 Å². The highest BCUT2D eigenvalue weighted by atomic mass is 16.6. The second kappa shape index (κ2) is 6.81. The molecular formula is C17H22N2O4. The molecule has 1 aliphatic rings. The lowest BCUT2D eigenvalue weighted by Crippen LogP contribution is -2.33. The molecule has 1 unspecified atom stereocenters. The van der Waals surface area contributed by atoms with E-state index in [0.29, 0.717) is 25.2 Å². The number of anilines is 1. The largest absolute Gasteiger partial charge is 0.442 e. The van der Waals surface area contributed by atoms with Crippen molar-refractivity contribution in [1.82, 2.24) is 5.32 Å². The van der Waals surface area contributed by atoms with Crippen LogP contribution in [0.1, 0.15) is 41.8 Å². The van der Waals surface area contributed by atoms with Crippen LogP contribution in [0.2, 0.25) is 0 Å². The Morgan fingerprint density at radius 1 is 1.30 bits per heavy atom. The normalized spacial score (nSPS) is 17.1. The van der Waals surface area contributed by atoms with Crippen molar-refractivity contribution in [3.05, 3.63) is 28.8 Å². The Hall–Kier alpha value is -2.37. The summed E-state index contributed by atoms with van der Waals surface area (Å²) in [5.41, 5.74) is 3.14. The number of ketones is 1. The van der Waals surface area contributed by atoms with Gasteiger partial charge < -0.3 is 10.1 Å². The molecule has 23 heavy (non-hydrogen) atoms. The zero-order chi connectivity index (χ0) is 17.1. The van der Waals surface area contributed by atoms with Crippen LogP contribution in [-0.4, -0.2) is 37.0 Å². The molecule has 0 saturated carbocycles. The fraction of sp³-hybridized carbons (Fsp3) is 0.471. The molecule has 1 heterocycles. The summed E-state index contributed by atoms with van der Waals surface area (Å²) >= 11 is 0. The number of benzene rings is 1. The fourth-order valence-electron chi connectivity index (χ4n) is 2.81. The Morgan fingerprint density at radius 2 is 1.91 bits per heavy atom. The van der Waals surface area contributed by atoms with Gasteiger partial charge in [-0.3, -0.25) is 14.5 Å². The van der Waals surface area contributed by atoms with E-state index in [1.165, 1.54) is 11.8 Å². The Kier molecular flexibility index (Phi) is 5.03. The molecule has 0 aliphatic carbocycles. The van der Waals surface area contributed by atoms with Crippen molar-refractivity contribution in [1.29, 1.82) is 0 Å². The van der Waals surface area contributed by atoms with Gasteiger partial charge in [-0.25, -0.2) is 4.79 Å². The monoisotopic (exact) mass is 318 g/mol. The molecule has 0 radical (unpaired) electrons. The summed E-state index contributed by atoms with van der Waals surface area (Å²) < 4.78 is 5.26. The van der Waals surface area contributed by atoms with Crippen LogP contribution in [0.3, 0.4) is 0 Å². The number of ether oxygens (including phenoxy) is 1. The Morgan fingerprint density at radius 3 is 2.43 bits per heavy atom. The van der Waals surface area contributed by atoms with Crippen LogP contribution in [0.25, 0.3) is 0 Å². The number of nitrogens with one attached hydrogen (secondary N) is 1. The number of hydrogen-bond donors (Lipinski definition) is 1. The van der Waals surface area contributed by atoms with Gasteiger partial charge in [0.05, 0.1) is 13.1 Å². The van der Waals surface area contributed by atoms with Gasteiger partial charge in [0.25, 0.3) is 0 Å². The minimum absolute atomic E-state index is 0.0964. The predicted molar refractivity (Wildman–Crippen MR) is 86.8 cm³/mol. The topological polar surface area (TPSA) is 75.7 Å². The van der Waals surface area contributed by atoms with Crippen LogP contribution in [0.15, 0.2) is 12.1 Å². The highest BCUT2D eigenvalue weighted by Crippen LogP contribution is 2.27. The molecule has 124 valence electrons. The second-order valence-corrected chi connectivity index (χ2v) is 5.78. The summed E-state index contributed by atoms with van der Waals surface area (Å²) in [5.74, 6) is -0.0623. The van der Waals surface area contributed by atoms with Crippen molar-refractivity contribution >= 4 is 23.5 Å². The Balaban J connectivity index is 2.21. The number of hydrogen-bond acceptors (Lipinski definition) is 4. The average Bonchev–Trinajstić information content (AvgIpc) is 2.85. The fourth-order valence-corrected chi connectivity index (χ4v) is 2.81. The lowest BCUT2D eigenvalue weighted by Gasteiger charge is -2.17. The summed E-state index contributed by atoms with van der Waals surface area (Å²) in [5, 5.41) is 2.65. The molecule has 1 saturated heterocycles. The standard InChI is InChI=1S/C17H22N2O4/c1-5-15(21)16-10(2)6-13(7-11(16)3)19-9-14(23-17(19)22)8-18-12(4)20/h6-7,14H,5,8-9H2,1-4H3,(H,18,20). The minimum Gasteiger partial charge on any atom is -0.442 e. The van der Waals surface area contributed by atoms with Crippen LogP contribution >= 0.6 is 0 Å². The maximum atomic E-state index is 12.1. The first-order chi connectivity index (χ1) is 10.8. The molecular weight excluding hydrogens is 296 g/mol. The lowest BCUT2D eigenvalue weighted by molar-refractivity contribution is -0.119. The van der Waals surface area contributed by atoms with Gasteiger partial charge in [-0.15, -0.1) is 0 Å². The van der Waals surface area contributed by atoms with Gasteiger partial charge in [0.1, 0.15) is 6.10 Å². The van der Waals surface area contributed by atoms with Gasteiger partial charge in [0.2, 0.25) is 5.91 Å². The highest BCUT2D eigenvalue weighted by molar-refractivity contribution is 6.00. The molecule has 2 rings (SSSR count). The average molecular weight is 318 g/mol. The van der Waals surface area contributed by atoms with Crippen molar-refractivity contribution in [2.45, 2.75) is 40.2 Å². The molecule has 1 atom stereocenters. The van der Waals surface area contributed by atoms with Crippen LogP contribution < -0.4 is 10.2 Å². The molecule has 1 fully saturated rings. The maximum absolute atomic E-state index is 12.1. The maximum Gasteiger partial charge on any atom is 0.414 e. The first-order valence-corrected chi connectivity index (χ1v) is 7.70. The van der Waals surface area contributed by atoms with E-state index in [4.69, 9.17) is 4.74 Å². The lowest BCUT2D eigenvalue weighted by atomic mass is 9.96. The van der Waals surface area contributed by atoms with Crippen molar-refractivity contribution < 1.29 is 19.1 Å². The SMILES string of the molecule is CCC(=O)c1c(C)cc(N2CC(CNC(C)=O)OC2=O)cc1C. The van der Waals surface area contributed by atoms with Crippen molar-refractivity contribution in [2.24, 2.45) is 0 Å². The summed E-state index contributed by atoms with van der Waals surface area (Å²) in [4.78, 5) is 36.5. The molecule has 0 bridgehead atoms. The number of amides is 2. The minimum atomic E-state index is -0.436. The summed E-state index contributed by atoms with van der Waals surface area (Å²) in [6.45, 7) is 7.66. The third kappa shape index (κ3) is 3.70. The third-order valence-electron chi connectivity index (χ3n) is 3.88. The number of carbonyl (C=O) groups excluding carboxylic acids is 3. The van der Waals surface area contributed by atoms with E-state index in [0.717, 1.165) is 16.7 Å². The number of aryl methyl sites for hydroxylation is 2. The smallest absolute Gasteiger partial charge is 0.414 e. The van der Waals surface area contributed by atoms with Crippen LogP contribution in [0, 0.1) is 13.8 Å². The van der Waals surface area contributed by atoms with Crippen molar-refractivity contribution in [3.63, 3.8) is 0 Å². The van der Waals surface area contributed by atoms with Gasteiger partial charge in [-0.05, 0) is 37.1 Å². The molecule has 6 nitrogen and oxygen atoms in total. The molecule has 1 aromatic carbocycles. The molecule has 6 heteroatoms. The highest BCUT2D eigenvalue weighted by Gasteiger charge is 2.32. The van der Waals surface area contributed by atoms with E-state index >= 15 is 0 Å². The van der Waals surface area contributed by atoms with Gasteiger partial charge in [-0.2, -0.15) is 0 Å². The van der Waals surface area contributed by atoms with Gasteiger partial charge in [0, 0.05) is 24.6 Å². The first-order valence-electron chi connectivity index (χ1n) is 7.70. The summed E-state index contributed by atoms with van der Waals surface area (Å²) in [6.07, 6.45) is -0.358. The molecule has 0 aromatic heterocycles. The Bertz CT molecular complexity index is 631. The first kappa shape index (κ1) is 17.0.